The second-order valence-corrected chi connectivity index (χ2v) is 7.01. The van der Waals surface area contributed by atoms with Gasteiger partial charge in [0.2, 0.25) is 0 Å². The second-order valence-electron chi connectivity index (χ2n) is 7.01. The summed E-state index contributed by atoms with van der Waals surface area (Å²) in [7, 11) is 6.68. The van der Waals surface area contributed by atoms with E-state index in [1.165, 1.54) is 7.11 Å². The Morgan fingerprint density at radius 1 is 1.07 bits per heavy atom. The zero-order chi connectivity index (χ0) is 20.7. The van der Waals surface area contributed by atoms with E-state index in [9.17, 15) is 9.59 Å². The Morgan fingerprint density at radius 2 is 1.83 bits per heavy atom. The van der Waals surface area contributed by atoms with Gasteiger partial charge in [0, 0.05) is 42.7 Å². The van der Waals surface area contributed by atoms with E-state index in [1.807, 2.05) is 42.0 Å². The van der Waals surface area contributed by atoms with E-state index in [-0.39, 0.29) is 5.91 Å². The molecule has 0 fully saturated rings. The Balaban J connectivity index is 2.05. The molecular formula is C23H22N2O4. The smallest absolute Gasteiger partial charge is 0.337 e. The first-order chi connectivity index (χ1) is 14.0. The van der Waals surface area contributed by atoms with E-state index in [0.717, 1.165) is 27.7 Å². The summed E-state index contributed by atoms with van der Waals surface area (Å²) < 4.78 is 12.5. The molecule has 0 bridgehead atoms. The van der Waals surface area contributed by atoms with Crippen LogP contribution in [0.15, 0.2) is 48.5 Å². The molecule has 0 saturated heterocycles. The van der Waals surface area contributed by atoms with Crippen molar-refractivity contribution in [3.63, 3.8) is 0 Å². The van der Waals surface area contributed by atoms with Crippen LogP contribution in [-0.4, -0.2) is 49.2 Å². The van der Waals surface area contributed by atoms with Crippen LogP contribution >= 0.6 is 0 Å². The molecule has 6 heteroatoms. The summed E-state index contributed by atoms with van der Waals surface area (Å²) in [6.45, 7) is 0.447. The molecular weight excluding hydrogens is 368 g/mol. The van der Waals surface area contributed by atoms with Crippen molar-refractivity contribution in [1.29, 1.82) is 0 Å². The molecule has 0 unspecified atom stereocenters. The van der Waals surface area contributed by atoms with Gasteiger partial charge in [0.05, 0.1) is 31.0 Å². The minimum atomic E-state index is -0.423. The van der Waals surface area contributed by atoms with Crippen LogP contribution < -0.4 is 4.74 Å². The molecule has 0 spiro atoms. The number of ether oxygens (including phenoxy) is 2. The number of amides is 1. The van der Waals surface area contributed by atoms with E-state index >= 15 is 0 Å². The first-order valence-corrected chi connectivity index (χ1v) is 9.28. The number of carbonyl (C=O) groups is 2. The highest BCUT2D eigenvalue weighted by molar-refractivity contribution is 6.13. The summed E-state index contributed by atoms with van der Waals surface area (Å²) in [6.07, 6.45) is 2.00. The Kier molecular flexibility index (Phi) is 4.62. The van der Waals surface area contributed by atoms with Crippen LogP contribution in [-0.2, 0) is 11.8 Å². The lowest BCUT2D eigenvalue weighted by Crippen LogP contribution is -2.25. The average molecular weight is 390 g/mol. The Morgan fingerprint density at radius 3 is 2.55 bits per heavy atom. The van der Waals surface area contributed by atoms with E-state index in [1.54, 1.807) is 37.3 Å². The van der Waals surface area contributed by atoms with E-state index in [0.29, 0.717) is 23.4 Å². The number of aryl methyl sites for hydroxylation is 1. The van der Waals surface area contributed by atoms with Gasteiger partial charge in [0.15, 0.2) is 0 Å². The topological polar surface area (TPSA) is 60.8 Å². The molecule has 148 valence electrons. The van der Waals surface area contributed by atoms with Crippen molar-refractivity contribution in [1.82, 2.24) is 9.47 Å². The molecule has 4 rings (SSSR count). The molecule has 0 saturated carbocycles. The molecule has 0 N–H and O–H groups in total. The van der Waals surface area contributed by atoms with Gasteiger partial charge in [0.25, 0.3) is 5.91 Å². The van der Waals surface area contributed by atoms with Gasteiger partial charge in [-0.2, -0.15) is 0 Å². The summed E-state index contributed by atoms with van der Waals surface area (Å²) in [5.41, 5.74) is 4.44. The third-order valence-corrected chi connectivity index (χ3v) is 5.40. The standard InChI is InChI=1S/C23H22N2O4/c1-24-12-11-15(17-13-14(23(27)29-4)9-10-19(17)28-3)21-20(22(24)26)16-7-5-6-8-18(16)25(21)2/h5-11,13H,12H2,1-4H3. The number of aromatic nitrogens is 1. The zero-order valence-electron chi connectivity index (χ0n) is 16.9. The number of nitrogens with zero attached hydrogens (tertiary/aromatic N) is 2. The van der Waals surface area contributed by atoms with E-state index < -0.39 is 5.97 Å². The molecule has 1 aromatic heterocycles. The maximum absolute atomic E-state index is 13.2. The summed E-state index contributed by atoms with van der Waals surface area (Å²) >= 11 is 0. The monoisotopic (exact) mass is 390 g/mol. The fraction of sp³-hybridized carbons (Fsp3) is 0.217. The molecule has 0 atom stereocenters. The quantitative estimate of drug-likeness (QED) is 0.643. The Labute approximate surface area is 168 Å². The van der Waals surface area contributed by atoms with Gasteiger partial charge < -0.3 is 18.9 Å². The third kappa shape index (κ3) is 2.88. The summed E-state index contributed by atoms with van der Waals surface area (Å²) in [5, 5.41) is 0.901. The Bertz CT molecular complexity index is 1170. The van der Waals surface area contributed by atoms with Crippen LogP contribution in [0.2, 0.25) is 0 Å². The van der Waals surface area contributed by atoms with E-state index in [2.05, 4.69) is 0 Å². The highest BCUT2D eigenvalue weighted by Gasteiger charge is 2.30. The maximum atomic E-state index is 13.2. The van der Waals surface area contributed by atoms with Gasteiger partial charge in [-0.1, -0.05) is 24.3 Å². The van der Waals surface area contributed by atoms with Crippen molar-refractivity contribution < 1.29 is 19.1 Å². The van der Waals surface area contributed by atoms with Gasteiger partial charge in [0.1, 0.15) is 5.75 Å². The van der Waals surface area contributed by atoms with Gasteiger partial charge in [-0.15, -0.1) is 0 Å². The molecule has 6 nitrogen and oxygen atoms in total. The summed E-state index contributed by atoms with van der Waals surface area (Å²) in [4.78, 5) is 27.0. The lowest BCUT2D eigenvalue weighted by molar-refractivity contribution is 0.0600. The van der Waals surface area contributed by atoms with Gasteiger partial charge >= 0.3 is 5.97 Å². The van der Waals surface area contributed by atoms with Gasteiger partial charge in [-0.3, -0.25) is 4.79 Å². The van der Waals surface area contributed by atoms with Gasteiger partial charge in [-0.05, 0) is 24.3 Å². The summed E-state index contributed by atoms with van der Waals surface area (Å²) in [6, 6.07) is 13.0. The Hall–Kier alpha value is -3.54. The highest BCUT2D eigenvalue weighted by atomic mass is 16.5. The molecule has 1 amide bonds. The van der Waals surface area contributed by atoms with Gasteiger partial charge in [-0.25, -0.2) is 4.79 Å². The predicted molar refractivity (Wildman–Crippen MR) is 111 cm³/mol. The second kappa shape index (κ2) is 7.13. The number of hydrogen-bond acceptors (Lipinski definition) is 4. The molecule has 2 aromatic carbocycles. The predicted octanol–water partition coefficient (Wildman–Crippen LogP) is 3.49. The number of esters is 1. The van der Waals surface area contributed by atoms with Crippen molar-refractivity contribution in [2.75, 3.05) is 27.8 Å². The average Bonchev–Trinajstić information content (AvgIpc) is 2.97. The number of para-hydroxylation sites is 1. The number of likely N-dealkylation sites (N-methyl/N-ethyl adjacent to an activating group) is 1. The van der Waals surface area contributed by atoms with E-state index in [4.69, 9.17) is 9.47 Å². The lowest BCUT2D eigenvalue weighted by atomic mass is 9.96. The zero-order valence-corrected chi connectivity index (χ0v) is 16.9. The molecule has 3 aromatic rings. The van der Waals surface area contributed by atoms with Crippen LogP contribution in [0.4, 0.5) is 0 Å². The molecule has 0 aliphatic carbocycles. The SMILES string of the molecule is COC(=O)c1ccc(OC)c(C2=CCN(C)C(=O)c3c2n(C)c2ccccc32)c1. The molecule has 0 radical (unpaired) electrons. The van der Waals surface area contributed by atoms with Crippen molar-refractivity contribution in [2.45, 2.75) is 0 Å². The van der Waals surface area contributed by atoms with Crippen LogP contribution in [0, 0.1) is 0 Å². The molecule has 29 heavy (non-hydrogen) atoms. The lowest BCUT2D eigenvalue weighted by Gasteiger charge is -2.15. The highest BCUT2D eigenvalue weighted by Crippen LogP contribution is 2.39. The van der Waals surface area contributed by atoms with Crippen molar-refractivity contribution >= 4 is 28.4 Å². The number of hydrogen-bond donors (Lipinski definition) is 0. The number of rotatable bonds is 3. The molecule has 1 aliphatic rings. The molecule has 2 heterocycles. The maximum Gasteiger partial charge on any atom is 0.337 e. The number of fused-ring (bicyclic) bond motifs is 3. The van der Waals surface area contributed by atoms with Crippen LogP contribution in [0.3, 0.4) is 0 Å². The number of carbonyl (C=O) groups excluding carboxylic acids is 2. The largest absolute Gasteiger partial charge is 0.496 e. The van der Waals surface area contributed by atoms with Crippen LogP contribution in [0.5, 0.6) is 5.75 Å². The molecule has 1 aliphatic heterocycles. The minimum Gasteiger partial charge on any atom is -0.496 e. The van der Waals surface area contributed by atoms with Crippen LogP contribution in [0.1, 0.15) is 32.0 Å². The summed E-state index contributed by atoms with van der Waals surface area (Å²) in [5.74, 6) is 0.164. The number of benzene rings is 2. The fourth-order valence-electron chi connectivity index (χ4n) is 3.92. The minimum absolute atomic E-state index is 0.0360. The van der Waals surface area contributed by atoms with Crippen molar-refractivity contribution in [3.05, 3.63) is 70.9 Å². The first kappa shape index (κ1) is 18.8. The third-order valence-electron chi connectivity index (χ3n) is 5.40. The first-order valence-electron chi connectivity index (χ1n) is 9.28. The normalized spacial score (nSPS) is 13.7. The fourth-order valence-corrected chi connectivity index (χ4v) is 3.92. The number of methoxy groups -OCH3 is 2. The van der Waals surface area contributed by atoms with Crippen molar-refractivity contribution in [3.8, 4) is 5.75 Å². The van der Waals surface area contributed by atoms with Crippen molar-refractivity contribution in [2.24, 2.45) is 7.05 Å². The van der Waals surface area contributed by atoms with Crippen LogP contribution in [0.25, 0.3) is 16.5 Å².